The van der Waals surface area contributed by atoms with Crippen LogP contribution in [0.1, 0.15) is 30.6 Å². The fourth-order valence-electron chi connectivity index (χ4n) is 2.49. The third-order valence-corrected chi connectivity index (χ3v) is 4.42. The summed E-state index contributed by atoms with van der Waals surface area (Å²) in [6.07, 6.45) is 3.77. The van der Waals surface area contributed by atoms with Gasteiger partial charge in [0.05, 0.1) is 19.4 Å². The van der Waals surface area contributed by atoms with E-state index >= 15 is 0 Å². The van der Waals surface area contributed by atoms with Crippen LogP contribution in [0, 0.1) is 5.92 Å². The number of hydrogen-bond donors (Lipinski definition) is 1. The molecule has 104 valence electrons. The van der Waals surface area contributed by atoms with E-state index in [9.17, 15) is 9.59 Å². The van der Waals surface area contributed by atoms with Crippen molar-refractivity contribution >= 4 is 23.2 Å². The first kappa shape index (κ1) is 14.1. The van der Waals surface area contributed by atoms with Crippen LogP contribution in [0.5, 0.6) is 0 Å². The summed E-state index contributed by atoms with van der Waals surface area (Å²) >= 11 is 1.60. The molecule has 1 heterocycles. The molecule has 1 aliphatic rings. The molecule has 0 unspecified atom stereocenters. The lowest BCUT2D eigenvalue weighted by Gasteiger charge is -2.27. The predicted molar refractivity (Wildman–Crippen MR) is 73.9 cm³/mol. The summed E-state index contributed by atoms with van der Waals surface area (Å²) in [6, 6.07) is 4.13. The van der Waals surface area contributed by atoms with Gasteiger partial charge in [-0.1, -0.05) is 6.07 Å². The molecule has 4 nitrogen and oxygen atoms in total. The van der Waals surface area contributed by atoms with Crippen LogP contribution in [0.4, 0.5) is 0 Å². The van der Waals surface area contributed by atoms with Gasteiger partial charge in [0.25, 0.3) is 0 Å². The maximum atomic E-state index is 11.9. The standard InChI is InChI=1S/C14H19NO3S/c1-18-14(17)10-4-6-11(7-5-10)15-13(16)9-12-3-2-8-19-12/h2-3,8,10-11H,4-7,9H2,1H3,(H,15,16). The van der Waals surface area contributed by atoms with E-state index in [1.807, 2.05) is 17.5 Å². The number of thiophene rings is 1. The Morgan fingerprint density at radius 1 is 1.37 bits per heavy atom. The number of methoxy groups -OCH3 is 1. The van der Waals surface area contributed by atoms with Crippen molar-refractivity contribution in [3.05, 3.63) is 22.4 Å². The second-order valence-corrected chi connectivity index (χ2v) is 5.93. The molecular weight excluding hydrogens is 262 g/mol. The van der Waals surface area contributed by atoms with Gasteiger partial charge >= 0.3 is 5.97 Å². The molecule has 2 rings (SSSR count). The van der Waals surface area contributed by atoms with Gasteiger partial charge in [0.2, 0.25) is 5.91 Å². The van der Waals surface area contributed by atoms with Crippen molar-refractivity contribution in [3.63, 3.8) is 0 Å². The zero-order valence-corrected chi connectivity index (χ0v) is 11.9. The van der Waals surface area contributed by atoms with Gasteiger partial charge in [0.1, 0.15) is 0 Å². The summed E-state index contributed by atoms with van der Waals surface area (Å²) in [4.78, 5) is 24.3. The van der Waals surface area contributed by atoms with Crippen molar-refractivity contribution in [1.82, 2.24) is 5.32 Å². The first-order chi connectivity index (χ1) is 9.19. The summed E-state index contributed by atoms with van der Waals surface area (Å²) in [6.45, 7) is 0. The lowest BCUT2D eigenvalue weighted by atomic mass is 9.86. The maximum Gasteiger partial charge on any atom is 0.308 e. The fraction of sp³-hybridized carbons (Fsp3) is 0.571. The van der Waals surface area contributed by atoms with Crippen molar-refractivity contribution in [2.45, 2.75) is 38.1 Å². The predicted octanol–water partition coefficient (Wildman–Crippen LogP) is 2.14. The quantitative estimate of drug-likeness (QED) is 0.860. The number of carbonyl (C=O) groups excluding carboxylic acids is 2. The van der Waals surface area contributed by atoms with Crippen LogP contribution in [0.25, 0.3) is 0 Å². The van der Waals surface area contributed by atoms with Gasteiger partial charge in [-0.3, -0.25) is 9.59 Å². The molecule has 0 atom stereocenters. The lowest BCUT2D eigenvalue weighted by Crippen LogP contribution is -2.39. The Kier molecular flexibility index (Phi) is 4.96. The smallest absolute Gasteiger partial charge is 0.308 e. The van der Waals surface area contributed by atoms with Crippen molar-refractivity contribution < 1.29 is 14.3 Å². The van der Waals surface area contributed by atoms with E-state index in [1.165, 1.54) is 7.11 Å². The molecule has 0 radical (unpaired) electrons. The third kappa shape index (κ3) is 4.06. The molecule has 1 N–H and O–H groups in total. The Balaban J connectivity index is 1.73. The molecule has 0 bridgehead atoms. The Morgan fingerprint density at radius 3 is 2.68 bits per heavy atom. The number of nitrogens with one attached hydrogen (secondary N) is 1. The lowest BCUT2D eigenvalue weighted by molar-refractivity contribution is -0.146. The average Bonchev–Trinajstić information content (AvgIpc) is 2.91. The molecule has 1 aromatic rings. The zero-order chi connectivity index (χ0) is 13.7. The molecule has 0 aromatic carbocycles. The molecular formula is C14H19NO3S. The van der Waals surface area contributed by atoms with Crippen LogP contribution in [0.15, 0.2) is 17.5 Å². The van der Waals surface area contributed by atoms with E-state index in [2.05, 4.69) is 5.32 Å². The van der Waals surface area contributed by atoms with Gasteiger partial charge < -0.3 is 10.1 Å². The normalized spacial score (nSPS) is 22.8. The molecule has 19 heavy (non-hydrogen) atoms. The number of esters is 1. The SMILES string of the molecule is COC(=O)C1CCC(NC(=O)Cc2cccs2)CC1. The van der Waals surface area contributed by atoms with Gasteiger partial charge in [-0.05, 0) is 37.1 Å². The summed E-state index contributed by atoms with van der Waals surface area (Å²) in [5, 5.41) is 5.03. The second-order valence-electron chi connectivity index (χ2n) is 4.90. The molecule has 0 aliphatic heterocycles. The van der Waals surface area contributed by atoms with Crippen LogP contribution >= 0.6 is 11.3 Å². The number of hydrogen-bond acceptors (Lipinski definition) is 4. The first-order valence-electron chi connectivity index (χ1n) is 6.58. The van der Waals surface area contributed by atoms with Gasteiger partial charge in [-0.15, -0.1) is 11.3 Å². The van der Waals surface area contributed by atoms with Gasteiger partial charge in [-0.25, -0.2) is 0 Å². The summed E-state index contributed by atoms with van der Waals surface area (Å²) in [5.41, 5.74) is 0. The summed E-state index contributed by atoms with van der Waals surface area (Å²) in [5.74, 6) is -0.0391. The maximum absolute atomic E-state index is 11.9. The number of amides is 1. The topological polar surface area (TPSA) is 55.4 Å². The monoisotopic (exact) mass is 281 g/mol. The summed E-state index contributed by atoms with van der Waals surface area (Å²) in [7, 11) is 1.43. The van der Waals surface area contributed by atoms with Crippen LogP contribution in [-0.4, -0.2) is 25.0 Å². The highest BCUT2D eigenvalue weighted by atomic mass is 32.1. The van der Waals surface area contributed by atoms with Crippen molar-refractivity contribution in [2.75, 3.05) is 7.11 Å². The fourth-order valence-corrected chi connectivity index (χ4v) is 3.19. The van der Waals surface area contributed by atoms with Gasteiger partial charge in [0, 0.05) is 10.9 Å². The van der Waals surface area contributed by atoms with Crippen LogP contribution < -0.4 is 5.32 Å². The van der Waals surface area contributed by atoms with E-state index in [4.69, 9.17) is 4.74 Å². The largest absolute Gasteiger partial charge is 0.469 e. The number of carbonyl (C=O) groups is 2. The highest BCUT2D eigenvalue weighted by Gasteiger charge is 2.27. The van der Waals surface area contributed by atoms with E-state index in [0.29, 0.717) is 6.42 Å². The minimum absolute atomic E-state index is 0.00967. The van der Waals surface area contributed by atoms with Gasteiger partial charge in [0.15, 0.2) is 0 Å². The van der Waals surface area contributed by atoms with E-state index in [1.54, 1.807) is 11.3 Å². The Bertz CT molecular complexity index is 422. The second kappa shape index (κ2) is 6.70. The minimum atomic E-state index is -0.122. The van der Waals surface area contributed by atoms with Crippen LogP contribution in [0.3, 0.4) is 0 Å². The van der Waals surface area contributed by atoms with Gasteiger partial charge in [-0.2, -0.15) is 0 Å². The molecule has 5 heteroatoms. The molecule has 1 amide bonds. The Hall–Kier alpha value is -1.36. The molecule has 1 aromatic heterocycles. The molecule has 1 saturated carbocycles. The first-order valence-corrected chi connectivity index (χ1v) is 7.46. The number of rotatable bonds is 4. The summed E-state index contributed by atoms with van der Waals surface area (Å²) < 4.78 is 4.75. The van der Waals surface area contributed by atoms with Crippen molar-refractivity contribution in [3.8, 4) is 0 Å². The highest BCUT2D eigenvalue weighted by molar-refractivity contribution is 7.10. The zero-order valence-electron chi connectivity index (χ0n) is 11.1. The Labute approximate surface area is 117 Å². The van der Waals surface area contributed by atoms with Crippen molar-refractivity contribution in [2.24, 2.45) is 5.92 Å². The molecule has 0 saturated heterocycles. The van der Waals surface area contributed by atoms with Crippen LogP contribution in [0.2, 0.25) is 0 Å². The average molecular weight is 281 g/mol. The molecule has 0 spiro atoms. The van der Waals surface area contributed by atoms with Crippen molar-refractivity contribution in [1.29, 1.82) is 0 Å². The minimum Gasteiger partial charge on any atom is -0.469 e. The number of ether oxygens (including phenoxy) is 1. The van der Waals surface area contributed by atoms with Crippen LogP contribution in [-0.2, 0) is 20.7 Å². The van der Waals surface area contributed by atoms with E-state index in [-0.39, 0.29) is 23.8 Å². The third-order valence-electron chi connectivity index (χ3n) is 3.54. The highest BCUT2D eigenvalue weighted by Crippen LogP contribution is 2.25. The molecule has 1 aliphatic carbocycles. The van der Waals surface area contributed by atoms with E-state index in [0.717, 1.165) is 30.6 Å². The molecule has 1 fully saturated rings. The Morgan fingerprint density at radius 2 is 2.11 bits per heavy atom. The van der Waals surface area contributed by atoms with E-state index < -0.39 is 0 Å².